The molecule has 0 radical (unpaired) electrons. The van der Waals surface area contributed by atoms with Gasteiger partial charge in [-0.25, -0.2) is 0 Å². The lowest BCUT2D eigenvalue weighted by Crippen LogP contribution is -2.39. The summed E-state index contributed by atoms with van der Waals surface area (Å²) in [7, 11) is 0. The molecule has 1 aliphatic rings. The topological polar surface area (TPSA) is 57.7 Å². The predicted octanol–water partition coefficient (Wildman–Crippen LogP) is 2.76. The van der Waals surface area contributed by atoms with Crippen LogP contribution < -0.4 is 0 Å². The Hall–Kier alpha value is -1.75. The molecule has 1 fully saturated rings. The lowest BCUT2D eigenvalue weighted by Gasteiger charge is -2.35. The van der Waals surface area contributed by atoms with E-state index in [4.69, 9.17) is 0 Å². The summed E-state index contributed by atoms with van der Waals surface area (Å²) in [6.07, 6.45) is 6.22. The van der Waals surface area contributed by atoms with Gasteiger partial charge in [0.2, 0.25) is 0 Å². The normalized spacial score (nSPS) is 20.1. The molecule has 1 saturated heterocycles. The summed E-state index contributed by atoms with van der Waals surface area (Å²) in [6.45, 7) is 8.80. The predicted molar refractivity (Wildman–Crippen MR) is 83.0 cm³/mol. The molecule has 3 heterocycles. The molecule has 1 aliphatic heterocycles. The molecule has 0 spiro atoms. The van der Waals surface area contributed by atoms with Gasteiger partial charge in [0.05, 0.1) is 11.9 Å². The minimum atomic E-state index is 0.503. The molecule has 0 aromatic carbocycles. The number of hydrogen-bond acceptors (Lipinski definition) is 4. The van der Waals surface area contributed by atoms with E-state index in [0.29, 0.717) is 12.0 Å². The molecule has 2 aromatic heterocycles. The van der Waals surface area contributed by atoms with Crippen LogP contribution >= 0.6 is 0 Å². The van der Waals surface area contributed by atoms with Crippen LogP contribution in [-0.2, 0) is 0 Å². The van der Waals surface area contributed by atoms with Crippen molar-refractivity contribution >= 4 is 0 Å². The fraction of sp³-hybridized carbons (Fsp3) is 0.562. The zero-order valence-corrected chi connectivity index (χ0v) is 13.0. The van der Waals surface area contributed by atoms with E-state index in [1.807, 2.05) is 25.4 Å². The molecule has 21 heavy (non-hydrogen) atoms. The van der Waals surface area contributed by atoms with Crippen molar-refractivity contribution in [3.05, 3.63) is 29.8 Å². The van der Waals surface area contributed by atoms with Crippen molar-refractivity contribution in [2.45, 2.75) is 45.6 Å². The standard InChI is InChI=1S/C16H23N5/c1-11(2)21-6-4-5-13(10-21)15-8-18-16(9-17-15)14-7-12(3)19-20-14/h7-9,11,13H,4-6,10H2,1-3H3,(H,19,20). The summed E-state index contributed by atoms with van der Waals surface area (Å²) in [6, 6.07) is 2.59. The highest BCUT2D eigenvalue weighted by atomic mass is 15.2. The van der Waals surface area contributed by atoms with E-state index in [1.54, 1.807) is 0 Å². The second kappa shape index (κ2) is 5.93. The molecule has 0 saturated carbocycles. The van der Waals surface area contributed by atoms with Crippen molar-refractivity contribution in [3.8, 4) is 11.4 Å². The number of piperidine rings is 1. The average molecular weight is 285 g/mol. The van der Waals surface area contributed by atoms with E-state index in [9.17, 15) is 0 Å². The van der Waals surface area contributed by atoms with Crippen LogP contribution in [0.1, 0.15) is 44.0 Å². The van der Waals surface area contributed by atoms with E-state index in [2.05, 4.69) is 38.9 Å². The Balaban J connectivity index is 1.74. The molecule has 0 amide bonds. The maximum Gasteiger partial charge on any atom is 0.112 e. The first-order chi connectivity index (χ1) is 10.1. The third-order valence-corrected chi connectivity index (χ3v) is 4.24. The van der Waals surface area contributed by atoms with Gasteiger partial charge in [-0.3, -0.25) is 15.1 Å². The Kier molecular flexibility index (Phi) is 4.01. The first-order valence-corrected chi connectivity index (χ1v) is 7.72. The van der Waals surface area contributed by atoms with Crippen molar-refractivity contribution in [3.63, 3.8) is 0 Å². The van der Waals surface area contributed by atoms with Gasteiger partial charge >= 0.3 is 0 Å². The summed E-state index contributed by atoms with van der Waals surface area (Å²) in [5.41, 5.74) is 3.84. The second-order valence-corrected chi connectivity index (χ2v) is 6.19. The van der Waals surface area contributed by atoms with E-state index < -0.39 is 0 Å². The molecule has 1 unspecified atom stereocenters. The Labute approximate surface area is 125 Å². The largest absolute Gasteiger partial charge is 0.300 e. The smallest absolute Gasteiger partial charge is 0.112 e. The Morgan fingerprint density at radius 1 is 1.24 bits per heavy atom. The minimum absolute atomic E-state index is 0.503. The quantitative estimate of drug-likeness (QED) is 0.942. The Morgan fingerprint density at radius 3 is 2.71 bits per heavy atom. The SMILES string of the molecule is Cc1cc(-c2cnc(C3CCCN(C(C)C)C3)cn2)n[nH]1. The minimum Gasteiger partial charge on any atom is -0.300 e. The van der Waals surface area contributed by atoms with E-state index in [1.165, 1.54) is 19.4 Å². The fourth-order valence-electron chi connectivity index (χ4n) is 2.95. The summed E-state index contributed by atoms with van der Waals surface area (Å²) in [4.78, 5) is 11.7. The molecular formula is C16H23N5. The number of aromatic amines is 1. The van der Waals surface area contributed by atoms with Crippen molar-refractivity contribution in [1.82, 2.24) is 25.1 Å². The lowest BCUT2D eigenvalue weighted by molar-refractivity contribution is 0.166. The number of aryl methyl sites for hydroxylation is 1. The number of H-pyrrole nitrogens is 1. The number of rotatable bonds is 3. The van der Waals surface area contributed by atoms with Crippen LogP contribution in [0.5, 0.6) is 0 Å². The third kappa shape index (κ3) is 3.13. The zero-order chi connectivity index (χ0) is 14.8. The Bertz CT molecular complexity index is 587. The van der Waals surface area contributed by atoms with Crippen LogP contribution in [0.25, 0.3) is 11.4 Å². The highest BCUT2D eigenvalue weighted by Gasteiger charge is 2.24. The van der Waals surface area contributed by atoms with Gasteiger partial charge in [-0.2, -0.15) is 5.10 Å². The van der Waals surface area contributed by atoms with Gasteiger partial charge in [0, 0.05) is 30.4 Å². The maximum atomic E-state index is 4.64. The van der Waals surface area contributed by atoms with Crippen molar-refractivity contribution < 1.29 is 0 Å². The fourth-order valence-corrected chi connectivity index (χ4v) is 2.95. The number of aromatic nitrogens is 4. The van der Waals surface area contributed by atoms with Crippen molar-refractivity contribution in [1.29, 1.82) is 0 Å². The number of nitrogens with one attached hydrogen (secondary N) is 1. The first-order valence-electron chi connectivity index (χ1n) is 7.72. The van der Waals surface area contributed by atoms with Crippen LogP contribution in [0.3, 0.4) is 0 Å². The van der Waals surface area contributed by atoms with Gasteiger partial charge in [-0.1, -0.05) is 0 Å². The molecule has 3 rings (SSSR count). The molecule has 1 N–H and O–H groups in total. The van der Waals surface area contributed by atoms with Crippen LogP contribution in [0.15, 0.2) is 18.5 Å². The molecular weight excluding hydrogens is 262 g/mol. The monoisotopic (exact) mass is 285 g/mol. The molecule has 2 aromatic rings. The van der Waals surface area contributed by atoms with E-state index in [-0.39, 0.29) is 0 Å². The third-order valence-electron chi connectivity index (χ3n) is 4.24. The molecule has 5 heteroatoms. The summed E-state index contributed by atoms with van der Waals surface area (Å²) in [5, 5.41) is 7.17. The van der Waals surface area contributed by atoms with Crippen LogP contribution in [-0.4, -0.2) is 44.2 Å². The first kappa shape index (κ1) is 14.2. The summed E-state index contributed by atoms with van der Waals surface area (Å²) >= 11 is 0. The number of likely N-dealkylation sites (tertiary alicyclic amines) is 1. The van der Waals surface area contributed by atoms with Gasteiger partial charge in [-0.05, 0) is 46.2 Å². The number of nitrogens with zero attached hydrogens (tertiary/aromatic N) is 4. The highest BCUT2D eigenvalue weighted by molar-refractivity contribution is 5.52. The molecule has 112 valence electrons. The number of hydrogen-bond donors (Lipinski definition) is 1. The van der Waals surface area contributed by atoms with Crippen LogP contribution in [0, 0.1) is 6.92 Å². The molecule has 5 nitrogen and oxygen atoms in total. The highest BCUT2D eigenvalue weighted by Crippen LogP contribution is 2.26. The van der Waals surface area contributed by atoms with Gasteiger partial charge in [0.15, 0.2) is 0 Å². The van der Waals surface area contributed by atoms with Gasteiger partial charge in [-0.15, -0.1) is 0 Å². The molecule has 0 aliphatic carbocycles. The van der Waals surface area contributed by atoms with Crippen LogP contribution in [0.2, 0.25) is 0 Å². The van der Waals surface area contributed by atoms with Gasteiger partial charge in [0.25, 0.3) is 0 Å². The average Bonchev–Trinajstić information content (AvgIpc) is 2.94. The van der Waals surface area contributed by atoms with Crippen molar-refractivity contribution in [2.24, 2.45) is 0 Å². The van der Waals surface area contributed by atoms with E-state index in [0.717, 1.165) is 29.3 Å². The van der Waals surface area contributed by atoms with Crippen LogP contribution in [0.4, 0.5) is 0 Å². The zero-order valence-electron chi connectivity index (χ0n) is 13.0. The Morgan fingerprint density at radius 2 is 2.10 bits per heavy atom. The van der Waals surface area contributed by atoms with Crippen molar-refractivity contribution in [2.75, 3.05) is 13.1 Å². The van der Waals surface area contributed by atoms with Gasteiger partial charge < -0.3 is 4.90 Å². The molecule has 1 atom stereocenters. The van der Waals surface area contributed by atoms with Gasteiger partial charge in [0.1, 0.15) is 11.4 Å². The maximum absolute atomic E-state index is 4.64. The lowest BCUT2D eigenvalue weighted by atomic mass is 9.94. The van der Waals surface area contributed by atoms with E-state index >= 15 is 0 Å². The summed E-state index contributed by atoms with van der Waals surface area (Å²) in [5.74, 6) is 0.503. The summed E-state index contributed by atoms with van der Waals surface area (Å²) < 4.78 is 0. The second-order valence-electron chi connectivity index (χ2n) is 6.19. The molecule has 0 bridgehead atoms.